The van der Waals surface area contributed by atoms with Crippen LogP contribution in [0.25, 0.3) is 0 Å². The van der Waals surface area contributed by atoms with Crippen LogP contribution in [0.2, 0.25) is 5.02 Å². The van der Waals surface area contributed by atoms with Gasteiger partial charge in [-0.1, -0.05) is 11.6 Å². The zero-order valence-electron chi connectivity index (χ0n) is 12.3. The Kier molecular flexibility index (Phi) is 5.36. The molecule has 6 nitrogen and oxygen atoms in total. The van der Waals surface area contributed by atoms with Crippen molar-refractivity contribution in [2.75, 3.05) is 19.4 Å². The summed E-state index contributed by atoms with van der Waals surface area (Å²) in [7, 11) is -1.21. The van der Waals surface area contributed by atoms with Gasteiger partial charge in [0.05, 0.1) is 15.6 Å². The van der Waals surface area contributed by atoms with Crippen molar-refractivity contribution in [2.24, 2.45) is 0 Å². The Morgan fingerprint density at radius 1 is 1.30 bits per heavy atom. The summed E-state index contributed by atoms with van der Waals surface area (Å²) < 4.78 is 62.4. The molecule has 1 atom stereocenters. The Morgan fingerprint density at radius 3 is 2.22 bits per heavy atom. The molecule has 0 heterocycles. The molecule has 23 heavy (non-hydrogen) atoms. The predicted molar refractivity (Wildman–Crippen MR) is 77.6 cm³/mol. The number of halogens is 4. The van der Waals surface area contributed by atoms with E-state index in [4.69, 9.17) is 11.6 Å². The first-order chi connectivity index (χ1) is 10.2. The van der Waals surface area contributed by atoms with E-state index >= 15 is 0 Å². The van der Waals surface area contributed by atoms with Gasteiger partial charge in [0.2, 0.25) is 15.6 Å². The molecule has 11 heteroatoms. The molecule has 0 aromatic heterocycles. The van der Waals surface area contributed by atoms with E-state index in [1.54, 1.807) is 0 Å². The minimum Gasteiger partial charge on any atom is -0.373 e. The normalized spacial score (nSPS) is 15.3. The van der Waals surface area contributed by atoms with Crippen LogP contribution in [0.1, 0.15) is 6.92 Å². The summed E-state index contributed by atoms with van der Waals surface area (Å²) in [6, 6.07) is 3.08. The van der Waals surface area contributed by atoms with Gasteiger partial charge in [-0.15, -0.1) is 0 Å². The van der Waals surface area contributed by atoms with E-state index in [2.05, 4.69) is 0 Å². The first-order valence-corrected chi connectivity index (χ1v) is 7.85. The van der Waals surface area contributed by atoms with E-state index in [0.717, 1.165) is 22.5 Å². The van der Waals surface area contributed by atoms with Gasteiger partial charge in [-0.3, -0.25) is 4.79 Å². The maximum Gasteiger partial charge on any atom is 0.426 e. The van der Waals surface area contributed by atoms with Crippen LogP contribution in [-0.2, 0) is 14.8 Å². The fourth-order valence-corrected chi connectivity index (χ4v) is 2.56. The largest absolute Gasteiger partial charge is 0.426 e. The Hall–Kier alpha value is -1.36. The van der Waals surface area contributed by atoms with E-state index in [1.807, 2.05) is 5.32 Å². The molecule has 0 bridgehead atoms. The fourth-order valence-electron chi connectivity index (χ4n) is 1.34. The molecular weight excluding hydrogens is 361 g/mol. The second-order valence-electron chi connectivity index (χ2n) is 4.95. The minimum atomic E-state index is -5.18. The Bertz CT molecular complexity index is 718. The van der Waals surface area contributed by atoms with Gasteiger partial charge in [0.1, 0.15) is 0 Å². The Morgan fingerprint density at radius 2 is 1.83 bits per heavy atom. The predicted octanol–water partition coefficient (Wildman–Crippen LogP) is 1.84. The molecule has 1 rings (SSSR count). The lowest BCUT2D eigenvalue weighted by atomic mass is 10.1. The van der Waals surface area contributed by atoms with Crippen LogP contribution in [-0.4, -0.2) is 49.6 Å². The molecule has 0 radical (unpaired) electrons. The Balaban J connectivity index is 3.13. The molecule has 0 saturated heterocycles. The second kappa shape index (κ2) is 6.27. The van der Waals surface area contributed by atoms with Crippen LogP contribution in [0.15, 0.2) is 23.1 Å². The lowest BCUT2D eigenvalue weighted by Crippen LogP contribution is -2.52. The molecule has 0 aliphatic heterocycles. The molecule has 2 N–H and O–H groups in total. The van der Waals surface area contributed by atoms with Gasteiger partial charge in [0.15, 0.2) is 0 Å². The number of hydrogen-bond acceptors (Lipinski definition) is 4. The molecule has 0 saturated carbocycles. The summed E-state index contributed by atoms with van der Waals surface area (Å²) in [5.41, 5.74) is -3.89. The van der Waals surface area contributed by atoms with Gasteiger partial charge in [0, 0.05) is 14.1 Å². The second-order valence-corrected chi connectivity index (χ2v) is 7.51. The van der Waals surface area contributed by atoms with Crippen LogP contribution in [0.3, 0.4) is 0 Å². The molecule has 1 aromatic carbocycles. The summed E-state index contributed by atoms with van der Waals surface area (Å²) in [5.74, 6) is -1.74. The van der Waals surface area contributed by atoms with Crippen molar-refractivity contribution in [3.63, 3.8) is 0 Å². The van der Waals surface area contributed by atoms with Gasteiger partial charge >= 0.3 is 6.18 Å². The van der Waals surface area contributed by atoms with Gasteiger partial charge in [-0.2, -0.15) is 13.2 Å². The van der Waals surface area contributed by atoms with Crippen molar-refractivity contribution < 1.29 is 31.5 Å². The van der Waals surface area contributed by atoms with E-state index in [0.29, 0.717) is 6.92 Å². The van der Waals surface area contributed by atoms with E-state index in [1.165, 1.54) is 14.1 Å². The molecule has 0 fully saturated rings. The highest BCUT2D eigenvalue weighted by Crippen LogP contribution is 2.32. The monoisotopic (exact) mass is 374 g/mol. The number of anilines is 1. The SMILES string of the molecule is CN(C)S(=O)(=O)c1ccc(NC(=O)C(C)(O)C(F)(F)F)c(Cl)c1. The van der Waals surface area contributed by atoms with Crippen molar-refractivity contribution in [3.8, 4) is 0 Å². The van der Waals surface area contributed by atoms with Crippen molar-refractivity contribution in [2.45, 2.75) is 23.6 Å². The molecule has 1 aromatic rings. The van der Waals surface area contributed by atoms with Crippen molar-refractivity contribution >= 4 is 33.2 Å². The fraction of sp³-hybridized carbons (Fsp3) is 0.417. The number of carbonyl (C=O) groups excluding carboxylic acids is 1. The topological polar surface area (TPSA) is 86.7 Å². The number of hydrogen-bond donors (Lipinski definition) is 2. The third-order valence-electron chi connectivity index (χ3n) is 2.96. The number of nitrogens with zero attached hydrogens (tertiary/aromatic N) is 1. The van der Waals surface area contributed by atoms with Gasteiger partial charge in [0.25, 0.3) is 5.91 Å². The summed E-state index contributed by atoms with van der Waals surface area (Å²) in [4.78, 5) is 11.4. The van der Waals surface area contributed by atoms with E-state index in [-0.39, 0.29) is 15.6 Å². The van der Waals surface area contributed by atoms with Crippen molar-refractivity contribution in [1.29, 1.82) is 0 Å². The first kappa shape index (κ1) is 19.7. The number of alkyl halides is 3. The maximum absolute atomic E-state index is 12.6. The number of aliphatic hydroxyl groups is 1. The standard InChI is InChI=1S/C12H14ClF3N2O4S/c1-11(20,12(14,15)16)10(19)17-9-5-4-7(6-8(9)13)23(21,22)18(2)3/h4-6,20H,1-3H3,(H,17,19). The lowest BCUT2D eigenvalue weighted by molar-refractivity contribution is -0.242. The number of carbonyl (C=O) groups is 1. The van der Waals surface area contributed by atoms with Crippen molar-refractivity contribution in [1.82, 2.24) is 4.31 Å². The maximum atomic E-state index is 12.6. The number of nitrogens with one attached hydrogen (secondary N) is 1. The molecule has 0 spiro atoms. The number of benzene rings is 1. The molecular formula is C12H14ClF3N2O4S. The van der Waals surface area contributed by atoms with E-state index < -0.39 is 27.7 Å². The van der Waals surface area contributed by atoms with Crippen LogP contribution < -0.4 is 5.32 Å². The molecule has 1 amide bonds. The number of rotatable bonds is 4. The number of sulfonamides is 1. The third-order valence-corrected chi connectivity index (χ3v) is 5.09. The lowest BCUT2D eigenvalue weighted by Gasteiger charge is -2.25. The summed E-state index contributed by atoms with van der Waals surface area (Å²) in [6.45, 7) is 0.293. The zero-order chi connectivity index (χ0) is 18.2. The number of amides is 1. The minimum absolute atomic E-state index is 0.201. The van der Waals surface area contributed by atoms with Gasteiger partial charge in [-0.25, -0.2) is 12.7 Å². The molecule has 130 valence electrons. The van der Waals surface area contributed by atoms with E-state index in [9.17, 15) is 31.5 Å². The van der Waals surface area contributed by atoms with Gasteiger partial charge < -0.3 is 10.4 Å². The quantitative estimate of drug-likeness (QED) is 0.842. The highest BCUT2D eigenvalue weighted by molar-refractivity contribution is 7.89. The first-order valence-electron chi connectivity index (χ1n) is 6.04. The van der Waals surface area contributed by atoms with Crippen LogP contribution in [0.5, 0.6) is 0 Å². The third kappa shape index (κ3) is 3.94. The summed E-state index contributed by atoms with van der Waals surface area (Å²) >= 11 is 5.79. The van der Waals surface area contributed by atoms with Crippen LogP contribution in [0, 0.1) is 0 Å². The molecule has 1 unspecified atom stereocenters. The van der Waals surface area contributed by atoms with Crippen molar-refractivity contribution in [3.05, 3.63) is 23.2 Å². The van der Waals surface area contributed by atoms with Crippen LogP contribution in [0.4, 0.5) is 18.9 Å². The highest BCUT2D eigenvalue weighted by Gasteiger charge is 2.55. The summed E-state index contributed by atoms with van der Waals surface area (Å²) in [6.07, 6.45) is -5.18. The zero-order valence-corrected chi connectivity index (χ0v) is 13.8. The molecule has 0 aliphatic carbocycles. The van der Waals surface area contributed by atoms with Crippen LogP contribution >= 0.6 is 11.6 Å². The average molecular weight is 375 g/mol. The average Bonchev–Trinajstić information content (AvgIpc) is 2.39. The van der Waals surface area contributed by atoms with Gasteiger partial charge in [-0.05, 0) is 25.1 Å². The highest BCUT2D eigenvalue weighted by atomic mass is 35.5. The smallest absolute Gasteiger partial charge is 0.373 e. The molecule has 0 aliphatic rings. The summed E-state index contributed by atoms with van der Waals surface area (Å²) in [5, 5.41) is 10.8. The Labute approximate surface area is 135 Å².